The molecule has 238 valence electrons. The summed E-state index contributed by atoms with van der Waals surface area (Å²) >= 11 is 0. The van der Waals surface area contributed by atoms with Gasteiger partial charge in [0.05, 0.1) is 33.0 Å². The summed E-state index contributed by atoms with van der Waals surface area (Å²) in [5.41, 5.74) is 4.32. The Kier molecular flexibility index (Phi) is 13.6. The zero-order valence-corrected chi connectivity index (χ0v) is 26.2. The van der Waals surface area contributed by atoms with Gasteiger partial charge in [-0.25, -0.2) is 0 Å². The van der Waals surface area contributed by atoms with E-state index in [2.05, 4.69) is 55.5 Å². The molecule has 0 saturated carbocycles. The van der Waals surface area contributed by atoms with Gasteiger partial charge in [0, 0.05) is 6.61 Å². The van der Waals surface area contributed by atoms with Crippen molar-refractivity contribution in [2.75, 3.05) is 13.2 Å². The van der Waals surface area contributed by atoms with Gasteiger partial charge in [-0.1, -0.05) is 141 Å². The van der Waals surface area contributed by atoms with E-state index in [1.165, 1.54) is 0 Å². The van der Waals surface area contributed by atoms with Crippen molar-refractivity contribution < 1.29 is 28.4 Å². The highest BCUT2D eigenvalue weighted by Crippen LogP contribution is 2.32. The Morgan fingerprint density at radius 3 is 1.42 bits per heavy atom. The highest BCUT2D eigenvalue weighted by atomic mass is 16.7. The number of unbranched alkanes of at least 4 members (excludes halogenated alkanes) is 2. The summed E-state index contributed by atoms with van der Waals surface area (Å²) in [6.45, 7) is 4.75. The lowest BCUT2D eigenvalue weighted by Crippen LogP contribution is -2.61. The topological polar surface area (TPSA) is 55.4 Å². The minimum atomic E-state index is -0.645. The Morgan fingerprint density at radius 2 is 0.933 bits per heavy atom. The Morgan fingerprint density at radius 1 is 0.489 bits per heavy atom. The standard InChI is InChI=1S/C39H46O6/c1-2-3-16-25-41-39-38(44-29-34-23-14-7-15-24-34)37(43-28-33-21-12-6-13-22-33)36(42-27-32-19-10-5-11-20-32)35(45-39)30-40-26-31-17-8-4-9-18-31/h4-15,17-24,35-39H,2-3,16,25-30H2,1H3/t35-,36-,37+,38-,39-/m1/s1. The van der Waals surface area contributed by atoms with Crippen LogP contribution in [0.15, 0.2) is 121 Å². The molecule has 4 aromatic carbocycles. The van der Waals surface area contributed by atoms with E-state index in [0.29, 0.717) is 39.6 Å². The molecule has 5 rings (SSSR count). The molecular weight excluding hydrogens is 564 g/mol. The highest BCUT2D eigenvalue weighted by molar-refractivity contribution is 5.16. The number of benzene rings is 4. The average Bonchev–Trinajstić information content (AvgIpc) is 3.10. The van der Waals surface area contributed by atoms with E-state index >= 15 is 0 Å². The van der Waals surface area contributed by atoms with Gasteiger partial charge in [-0.05, 0) is 28.7 Å². The summed E-state index contributed by atoms with van der Waals surface area (Å²) in [5, 5.41) is 0. The van der Waals surface area contributed by atoms with Gasteiger partial charge in [-0.15, -0.1) is 0 Å². The molecule has 0 unspecified atom stereocenters. The van der Waals surface area contributed by atoms with Gasteiger partial charge in [0.15, 0.2) is 6.29 Å². The van der Waals surface area contributed by atoms with Crippen molar-refractivity contribution in [1.82, 2.24) is 0 Å². The van der Waals surface area contributed by atoms with Crippen molar-refractivity contribution >= 4 is 0 Å². The van der Waals surface area contributed by atoms with E-state index < -0.39 is 30.7 Å². The second kappa shape index (κ2) is 18.6. The van der Waals surface area contributed by atoms with Gasteiger partial charge < -0.3 is 28.4 Å². The number of ether oxygens (including phenoxy) is 6. The van der Waals surface area contributed by atoms with Gasteiger partial charge in [-0.2, -0.15) is 0 Å². The molecule has 0 bridgehead atoms. The van der Waals surface area contributed by atoms with Crippen LogP contribution in [-0.4, -0.2) is 43.9 Å². The van der Waals surface area contributed by atoms with Gasteiger partial charge in [0.25, 0.3) is 0 Å². The minimum absolute atomic E-state index is 0.319. The fraction of sp³-hybridized carbons (Fsp3) is 0.385. The number of hydrogen-bond donors (Lipinski definition) is 0. The summed E-state index contributed by atoms with van der Waals surface area (Å²) in [6.07, 6.45) is 0.578. The van der Waals surface area contributed by atoms with E-state index in [-0.39, 0.29) is 0 Å². The van der Waals surface area contributed by atoms with Crippen molar-refractivity contribution in [2.24, 2.45) is 0 Å². The Bertz CT molecular complexity index is 1320. The van der Waals surface area contributed by atoms with Crippen LogP contribution < -0.4 is 0 Å². The Labute approximate surface area is 268 Å². The first-order valence-electron chi connectivity index (χ1n) is 16.2. The monoisotopic (exact) mass is 610 g/mol. The van der Waals surface area contributed by atoms with Crippen molar-refractivity contribution in [3.05, 3.63) is 144 Å². The van der Waals surface area contributed by atoms with Crippen molar-refractivity contribution in [3.8, 4) is 0 Å². The first-order chi connectivity index (χ1) is 22.3. The molecule has 4 aromatic rings. The quantitative estimate of drug-likeness (QED) is 0.107. The molecule has 1 heterocycles. The van der Waals surface area contributed by atoms with E-state index in [1.807, 2.05) is 72.8 Å². The maximum atomic E-state index is 6.76. The highest BCUT2D eigenvalue weighted by Gasteiger charge is 2.49. The molecule has 1 fully saturated rings. The van der Waals surface area contributed by atoms with Crippen LogP contribution in [0, 0.1) is 0 Å². The zero-order chi connectivity index (χ0) is 30.9. The summed E-state index contributed by atoms with van der Waals surface area (Å²) in [5.74, 6) is 0. The molecule has 1 saturated heterocycles. The molecule has 0 radical (unpaired) electrons. The molecule has 0 aromatic heterocycles. The predicted molar refractivity (Wildman–Crippen MR) is 175 cm³/mol. The molecule has 5 atom stereocenters. The first-order valence-corrected chi connectivity index (χ1v) is 16.2. The third-order valence-electron chi connectivity index (χ3n) is 7.87. The molecule has 0 N–H and O–H groups in total. The molecule has 1 aliphatic rings. The van der Waals surface area contributed by atoms with Crippen molar-refractivity contribution in [2.45, 2.75) is 83.3 Å². The molecule has 45 heavy (non-hydrogen) atoms. The van der Waals surface area contributed by atoms with E-state index in [9.17, 15) is 0 Å². The number of rotatable bonds is 18. The summed E-state index contributed by atoms with van der Waals surface area (Å²) in [4.78, 5) is 0. The zero-order valence-electron chi connectivity index (χ0n) is 26.2. The van der Waals surface area contributed by atoms with E-state index in [4.69, 9.17) is 28.4 Å². The van der Waals surface area contributed by atoms with Crippen LogP contribution in [0.2, 0.25) is 0 Å². The SMILES string of the molecule is CCCCCO[C@@H]1O[C@H](COCc2ccccc2)[C@@H](OCc2ccccc2)[C@H](OCc2ccccc2)[C@H]1OCc1ccccc1. The van der Waals surface area contributed by atoms with Crippen LogP contribution in [0.4, 0.5) is 0 Å². The molecule has 0 aliphatic carbocycles. The lowest BCUT2D eigenvalue weighted by atomic mass is 9.97. The fourth-order valence-corrected chi connectivity index (χ4v) is 5.43. The van der Waals surface area contributed by atoms with Crippen molar-refractivity contribution in [1.29, 1.82) is 0 Å². The lowest BCUT2D eigenvalue weighted by Gasteiger charge is -2.46. The van der Waals surface area contributed by atoms with Gasteiger partial charge in [-0.3, -0.25) is 0 Å². The first kappa shape index (κ1) is 33.0. The average molecular weight is 611 g/mol. The van der Waals surface area contributed by atoms with E-state index in [0.717, 1.165) is 41.5 Å². The maximum absolute atomic E-state index is 6.76. The molecule has 6 heteroatoms. The van der Waals surface area contributed by atoms with E-state index in [1.54, 1.807) is 0 Å². The minimum Gasteiger partial charge on any atom is -0.374 e. The van der Waals surface area contributed by atoms with Crippen LogP contribution in [0.1, 0.15) is 48.4 Å². The summed E-state index contributed by atoms with van der Waals surface area (Å²) in [6, 6.07) is 40.7. The Balaban J connectivity index is 1.41. The van der Waals surface area contributed by atoms with Crippen LogP contribution in [-0.2, 0) is 54.8 Å². The molecule has 0 amide bonds. The third kappa shape index (κ3) is 10.6. The van der Waals surface area contributed by atoms with Crippen LogP contribution in [0.5, 0.6) is 0 Å². The Hall–Kier alpha value is -3.36. The summed E-state index contributed by atoms with van der Waals surface area (Å²) < 4.78 is 39.5. The third-order valence-corrected chi connectivity index (χ3v) is 7.87. The van der Waals surface area contributed by atoms with Crippen molar-refractivity contribution in [3.63, 3.8) is 0 Å². The van der Waals surface area contributed by atoms with Crippen LogP contribution in [0.25, 0.3) is 0 Å². The number of hydrogen-bond acceptors (Lipinski definition) is 6. The second-order valence-corrected chi connectivity index (χ2v) is 11.4. The van der Waals surface area contributed by atoms with Gasteiger partial charge >= 0.3 is 0 Å². The van der Waals surface area contributed by atoms with Crippen LogP contribution in [0.3, 0.4) is 0 Å². The van der Waals surface area contributed by atoms with Crippen LogP contribution >= 0.6 is 0 Å². The molecular formula is C39H46O6. The normalized spacial score (nSPS) is 21.5. The molecule has 1 aliphatic heterocycles. The maximum Gasteiger partial charge on any atom is 0.186 e. The second-order valence-electron chi connectivity index (χ2n) is 11.4. The molecule has 6 nitrogen and oxygen atoms in total. The lowest BCUT2D eigenvalue weighted by molar-refractivity contribution is -0.328. The van der Waals surface area contributed by atoms with Gasteiger partial charge in [0.2, 0.25) is 0 Å². The summed E-state index contributed by atoms with van der Waals surface area (Å²) in [7, 11) is 0. The smallest absolute Gasteiger partial charge is 0.186 e. The fourth-order valence-electron chi connectivity index (χ4n) is 5.43. The van der Waals surface area contributed by atoms with Gasteiger partial charge in [0.1, 0.15) is 24.4 Å². The molecule has 0 spiro atoms. The predicted octanol–water partition coefficient (Wildman–Crippen LogP) is 7.89. The largest absolute Gasteiger partial charge is 0.374 e.